The molecule has 3 rings (SSSR count). The molecule has 2 aromatic rings. The van der Waals surface area contributed by atoms with Crippen LogP contribution in [-0.2, 0) is 13.1 Å². The van der Waals surface area contributed by atoms with Gasteiger partial charge < -0.3 is 10.6 Å². The van der Waals surface area contributed by atoms with Gasteiger partial charge in [0.25, 0.3) is 0 Å². The maximum atomic E-state index is 5.80. The molecule has 19 heavy (non-hydrogen) atoms. The summed E-state index contributed by atoms with van der Waals surface area (Å²) in [7, 11) is 0. The van der Waals surface area contributed by atoms with E-state index >= 15 is 0 Å². The van der Waals surface area contributed by atoms with Crippen molar-refractivity contribution in [1.29, 1.82) is 0 Å². The summed E-state index contributed by atoms with van der Waals surface area (Å²) in [5, 5.41) is 0. The van der Waals surface area contributed by atoms with Crippen molar-refractivity contribution < 1.29 is 0 Å². The Morgan fingerprint density at radius 2 is 1.79 bits per heavy atom. The molecule has 1 aliphatic heterocycles. The molecule has 2 heterocycles. The minimum atomic E-state index is 0.401. The van der Waals surface area contributed by atoms with Crippen LogP contribution in [0.25, 0.3) is 0 Å². The first-order valence-electron chi connectivity index (χ1n) is 6.24. The van der Waals surface area contributed by atoms with Crippen molar-refractivity contribution in [3.05, 3.63) is 58.8 Å². The summed E-state index contributed by atoms with van der Waals surface area (Å²) in [6, 6.07) is 12.4. The van der Waals surface area contributed by atoms with E-state index in [9.17, 15) is 0 Å². The highest BCUT2D eigenvalue weighted by molar-refractivity contribution is 7.80. The van der Waals surface area contributed by atoms with Crippen LogP contribution in [0.15, 0.2) is 36.4 Å². The van der Waals surface area contributed by atoms with Crippen LogP contribution in [0.2, 0.25) is 0 Å². The summed E-state index contributed by atoms with van der Waals surface area (Å²) >= 11 is 5.13. The highest BCUT2D eigenvalue weighted by Gasteiger charge is 2.22. The van der Waals surface area contributed by atoms with Gasteiger partial charge in [-0.25, -0.2) is 4.98 Å². The second-order valence-electron chi connectivity index (χ2n) is 4.81. The molecule has 0 bridgehead atoms. The molecule has 3 nitrogen and oxygen atoms in total. The molecule has 0 radical (unpaired) electrons. The van der Waals surface area contributed by atoms with Crippen LogP contribution in [0.4, 0.5) is 5.82 Å². The number of thiocarbonyl (C=S) groups is 1. The Labute approximate surface area is 118 Å². The van der Waals surface area contributed by atoms with E-state index in [4.69, 9.17) is 18.0 Å². The van der Waals surface area contributed by atoms with Gasteiger partial charge >= 0.3 is 0 Å². The molecule has 0 amide bonds. The van der Waals surface area contributed by atoms with Crippen LogP contribution in [0.1, 0.15) is 22.4 Å². The average Bonchev–Trinajstić information content (AvgIpc) is 2.81. The van der Waals surface area contributed by atoms with Crippen LogP contribution in [0.3, 0.4) is 0 Å². The number of pyridine rings is 1. The zero-order chi connectivity index (χ0) is 13.4. The van der Waals surface area contributed by atoms with Gasteiger partial charge in [-0.05, 0) is 30.2 Å². The van der Waals surface area contributed by atoms with Crippen molar-refractivity contribution >= 4 is 23.0 Å². The predicted molar refractivity (Wildman–Crippen MR) is 81.2 cm³/mol. The zero-order valence-electron chi connectivity index (χ0n) is 10.8. The topological polar surface area (TPSA) is 42.1 Å². The lowest BCUT2D eigenvalue weighted by Gasteiger charge is -2.20. The molecule has 0 fully saturated rings. The van der Waals surface area contributed by atoms with Crippen LogP contribution in [0, 0.1) is 6.92 Å². The van der Waals surface area contributed by atoms with Crippen molar-refractivity contribution in [2.75, 3.05) is 4.90 Å². The molecule has 0 saturated heterocycles. The van der Waals surface area contributed by atoms with Crippen molar-refractivity contribution in [1.82, 2.24) is 4.98 Å². The standard InChI is InChI=1S/C15H15N3S/c1-10-6-7-13(14(16)19)15(17-10)18-8-11-4-2-3-5-12(11)9-18/h2-7H,8-9H2,1H3,(H2,16,19). The molecule has 1 aromatic heterocycles. The molecular formula is C15H15N3S. The van der Waals surface area contributed by atoms with E-state index < -0.39 is 0 Å². The van der Waals surface area contributed by atoms with Crippen LogP contribution in [-0.4, -0.2) is 9.97 Å². The Balaban J connectivity index is 2.01. The zero-order valence-corrected chi connectivity index (χ0v) is 11.6. The maximum Gasteiger partial charge on any atom is 0.139 e. The number of nitrogens with zero attached hydrogens (tertiary/aromatic N) is 2. The highest BCUT2D eigenvalue weighted by Crippen LogP contribution is 2.29. The van der Waals surface area contributed by atoms with E-state index in [1.165, 1.54) is 11.1 Å². The molecule has 0 spiro atoms. The molecule has 2 N–H and O–H groups in total. The SMILES string of the molecule is Cc1ccc(C(N)=S)c(N2Cc3ccccc3C2)n1. The summed E-state index contributed by atoms with van der Waals surface area (Å²) in [5.74, 6) is 0.892. The molecule has 1 aromatic carbocycles. The number of aryl methyl sites for hydroxylation is 1. The Bertz CT molecular complexity index is 627. The summed E-state index contributed by atoms with van der Waals surface area (Å²) in [6.07, 6.45) is 0. The van der Waals surface area contributed by atoms with Gasteiger partial charge in [-0.3, -0.25) is 0 Å². The van der Waals surface area contributed by atoms with Gasteiger partial charge in [-0.15, -0.1) is 0 Å². The maximum absolute atomic E-state index is 5.80. The lowest BCUT2D eigenvalue weighted by Crippen LogP contribution is -2.22. The van der Waals surface area contributed by atoms with E-state index in [2.05, 4.69) is 34.1 Å². The minimum Gasteiger partial charge on any atom is -0.389 e. The smallest absolute Gasteiger partial charge is 0.139 e. The Morgan fingerprint density at radius 3 is 2.37 bits per heavy atom. The summed E-state index contributed by atoms with van der Waals surface area (Å²) < 4.78 is 0. The monoisotopic (exact) mass is 269 g/mol. The van der Waals surface area contributed by atoms with Crippen molar-refractivity contribution in [2.45, 2.75) is 20.0 Å². The van der Waals surface area contributed by atoms with E-state index in [1.807, 2.05) is 19.1 Å². The third-order valence-electron chi connectivity index (χ3n) is 3.42. The van der Waals surface area contributed by atoms with Gasteiger partial charge in [-0.2, -0.15) is 0 Å². The van der Waals surface area contributed by atoms with Crippen LogP contribution >= 0.6 is 12.2 Å². The number of hydrogen-bond acceptors (Lipinski definition) is 3. The average molecular weight is 269 g/mol. The fraction of sp³-hybridized carbons (Fsp3) is 0.200. The van der Waals surface area contributed by atoms with Gasteiger partial charge in [-0.1, -0.05) is 36.5 Å². The van der Waals surface area contributed by atoms with E-state index in [-0.39, 0.29) is 0 Å². The molecule has 0 unspecified atom stereocenters. The Kier molecular flexibility index (Phi) is 2.95. The van der Waals surface area contributed by atoms with Gasteiger partial charge in [0.15, 0.2) is 0 Å². The fourth-order valence-electron chi connectivity index (χ4n) is 2.46. The van der Waals surface area contributed by atoms with Crippen molar-refractivity contribution in [3.8, 4) is 0 Å². The van der Waals surface area contributed by atoms with Gasteiger partial charge in [0.05, 0.1) is 5.56 Å². The number of aromatic nitrogens is 1. The molecule has 0 atom stereocenters. The second-order valence-corrected chi connectivity index (χ2v) is 5.25. The minimum absolute atomic E-state index is 0.401. The molecule has 0 aliphatic carbocycles. The Morgan fingerprint density at radius 1 is 1.16 bits per heavy atom. The third-order valence-corrected chi connectivity index (χ3v) is 3.64. The fourth-order valence-corrected chi connectivity index (χ4v) is 2.62. The Hall–Kier alpha value is -1.94. The van der Waals surface area contributed by atoms with E-state index in [1.54, 1.807) is 0 Å². The number of anilines is 1. The number of hydrogen-bond donors (Lipinski definition) is 1. The van der Waals surface area contributed by atoms with Crippen LogP contribution in [0.5, 0.6) is 0 Å². The summed E-state index contributed by atoms with van der Waals surface area (Å²) in [6.45, 7) is 3.71. The first-order valence-corrected chi connectivity index (χ1v) is 6.65. The van der Waals surface area contributed by atoms with Gasteiger partial charge in [0.1, 0.15) is 10.8 Å². The van der Waals surface area contributed by atoms with Gasteiger partial charge in [0, 0.05) is 18.8 Å². The number of rotatable bonds is 2. The molecule has 1 aliphatic rings. The highest BCUT2D eigenvalue weighted by atomic mass is 32.1. The first-order chi connectivity index (χ1) is 9.15. The molecular weight excluding hydrogens is 254 g/mol. The normalized spacial score (nSPS) is 13.4. The first kappa shape index (κ1) is 12.1. The number of nitrogens with two attached hydrogens (primary N) is 1. The predicted octanol–water partition coefficient (Wildman–Crippen LogP) is 2.54. The molecule has 4 heteroatoms. The molecule has 0 saturated carbocycles. The van der Waals surface area contributed by atoms with Crippen molar-refractivity contribution in [2.24, 2.45) is 5.73 Å². The lowest BCUT2D eigenvalue weighted by molar-refractivity contribution is 0.850. The largest absolute Gasteiger partial charge is 0.389 e. The number of fused-ring (bicyclic) bond motifs is 1. The number of benzene rings is 1. The lowest BCUT2D eigenvalue weighted by atomic mass is 10.1. The second kappa shape index (κ2) is 4.63. The van der Waals surface area contributed by atoms with Crippen LogP contribution < -0.4 is 10.6 Å². The van der Waals surface area contributed by atoms with E-state index in [0.717, 1.165) is 30.2 Å². The van der Waals surface area contributed by atoms with Crippen molar-refractivity contribution in [3.63, 3.8) is 0 Å². The summed E-state index contributed by atoms with van der Waals surface area (Å²) in [4.78, 5) is 7.25. The van der Waals surface area contributed by atoms with E-state index in [0.29, 0.717) is 4.99 Å². The quantitative estimate of drug-likeness (QED) is 0.851. The van der Waals surface area contributed by atoms with Gasteiger partial charge in [0.2, 0.25) is 0 Å². The molecule has 96 valence electrons. The summed E-state index contributed by atoms with van der Waals surface area (Å²) in [5.41, 5.74) is 10.3. The third kappa shape index (κ3) is 2.19.